The first-order valence-corrected chi connectivity index (χ1v) is 9.63. The number of hydrogen-bond acceptors (Lipinski definition) is 4. The molecule has 2 atom stereocenters. The van der Waals surface area contributed by atoms with Crippen LogP contribution in [-0.2, 0) is 10.0 Å². The molecule has 114 valence electrons. The Morgan fingerprint density at radius 1 is 1.30 bits per heavy atom. The lowest BCUT2D eigenvalue weighted by Gasteiger charge is -2.16. The summed E-state index contributed by atoms with van der Waals surface area (Å²) in [5.74, 6) is 0.757. The normalized spacial score (nSPS) is 15.0. The zero-order valence-electron chi connectivity index (χ0n) is 12.5. The van der Waals surface area contributed by atoms with Gasteiger partial charge in [-0.05, 0) is 44.3 Å². The van der Waals surface area contributed by atoms with Crippen LogP contribution in [0.15, 0.2) is 29.2 Å². The summed E-state index contributed by atoms with van der Waals surface area (Å²) in [5, 5.41) is 3.28. The van der Waals surface area contributed by atoms with Gasteiger partial charge in [0.15, 0.2) is 0 Å². The van der Waals surface area contributed by atoms with E-state index in [-0.39, 0.29) is 12.1 Å². The average molecular weight is 316 g/mol. The minimum absolute atomic E-state index is 0.0788. The first-order chi connectivity index (χ1) is 9.40. The van der Waals surface area contributed by atoms with E-state index in [1.807, 2.05) is 33.1 Å². The molecule has 6 heteroatoms. The van der Waals surface area contributed by atoms with Crippen molar-refractivity contribution in [1.82, 2.24) is 10.0 Å². The van der Waals surface area contributed by atoms with Crippen LogP contribution in [0.4, 0.5) is 0 Å². The van der Waals surface area contributed by atoms with Crippen LogP contribution in [0.3, 0.4) is 0 Å². The lowest BCUT2D eigenvalue weighted by atomic mass is 10.1. The Labute approximate surface area is 126 Å². The van der Waals surface area contributed by atoms with Crippen molar-refractivity contribution < 1.29 is 8.42 Å². The molecular formula is C14H24N2O2S2. The van der Waals surface area contributed by atoms with Gasteiger partial charge in [0.05, 0.1) is 4.90 Å². The molecule has 0 bridgehead atoms. The lowest BCUT2D eigenvalue weighted by Crippen LogP contribution is -2.34. The molecule has 0 aliphatic heterocycles. The Balaban J connectivity index is 2.93. The second-order valence-corrected chi connectivity index (χ2v) is 7.45. The molecule has 0 saturated heterocycles. The number of nitrogens with one attached hydrogen (secondary N) is 2. The summed E-state index contributed by atoms with van der Waals surface area (Å²) in [6, 6.07) is 7.16. The maximum Gasteiger partial charge on any atom is 0.240 e. The van der Waals surface area contributed by atoms with E-state index in [4.69, 9.17) is 0 Å². The standard InChI is InChI=1S/C14H24N2O2S2/c1-5-15-12(3)13-7-6-8-14(9-13)20(17,18)16-11(2)10-19-4/h6-9,11-12,15-16H,5,10H2,1-4H3. The quantitative estimate of drug-likeness (QED) is 0.773. The SMILES string of the molecule is CCNC(C)c1cccc(S(=O)(=O)NC(C)CSC)c1. The fourth-order valence-corrected chi connectivity index (χ4v) is 3.98. The van der Waals surface area contributed by atoms with E-state index in [9.17, 15) is 8.42 Å². The maximum absolute atomic E-state index is 12.3. The Morgan fingerprint density at radius 2 is 2.00 bits per heavy atom. The molecule has 0 radical (unpaired) electrons. The van der Waals surface area contributed by atoms with Crippen molar-refractivity contribution in [3.8, 4) is 0 Å². The summed E-state index contributed by atoms with van der Waals surface area (Å²) >= 11 is 1.62. The molecule has 4 nitrogen and oxygen atoms in total. The highest BCUT2D eigenvalue weighted by molar-refractivity contribution is 7.98. The topological polar surface area (TPSA) is 58.2 Å². The molecule has 0 aliphatic rings. The second-order valence-electron chi connectivity index (χ2n) is 4.83. The third-order valence-electron chi connectivity index (χ3n) is 2.95. The van der Waals surface area contributed by atoms with Crippen molar-refractivity contribution in [2.24, 2.45) is 0 Å². The zero-order chi connectivity index (χ0) is 15.2. The predicted octanol–water partition coefficient (Wildman–Crippen LogP) is 2.39. The highest BCUT2D eigenvalue weighted by Crippen LogP contribution is 2.17. The van der Waals surface area contributed by atoms with Gasteiger partial charge >= 0.3 is 0 Å². The van der Waals surface area contributed by atoms with Crippen LogP contribution >= 0.6 is 11.8 Å². The minimum atomic E-state index is -3.44. The molecule has 0 aliphatic carbocycles. The van der Waals surface area contributed by atoms with Gasteiger partial charge in [-0.25, -0.2) is 13.1 Å². The van der Waals surface area contributed by atoms with Crippen LogP contribution in [0.2, 0.25) is 0 Å². The van der Waals surface area contributed by atoms with Gasteiger partial charge in [0, 0.05) is 17.8 Å². The van der Waals surface area contributed by atoms with E-state index in [0.717, 1.165) is 17.9 Å². The molecule has 1 aromatic rings. The molecule has 0 spiro atoms. The minimum Gasteiger partial charge on any atom is -0.310 e. The van der Waals surface area contributed by atoms with Crippen molar-refractivity contribution in [2.75, 3.05) is 18.6 Å². The zero-order valence-corrected chi connectivity index (χ0v) is 14.1. The van der Waals surface area contributed by atoms with Gasteiger partial charge in [-0.2, -0.15) is 11.8 Å². The molecule has 2 unspecified atom stereocenters. The third kappa shape index (κ3) is 5.09. The molecule has 1 aromatic carbocycles. The Bertz CT molecular complexity index is 518. The first-order valence-electron chi connectivity index (χ1n) is 6.75. The number of sulfonamides is 1. The first kappa shape index (κ1) is 17.5. The molecule has 2 N–H and O–H groups in total. The summed E-state index contributed by atoms with van der Waals surface area (Å²) in [5.41, 5.74) is 0.979. The van der Waals surface area contributed by atoms with Crippen LogP contribution in [0.5, 0.6) is 0 Å². The largest absolute Gasteiger partial charge is 0.310 e. The van der Waals surface area contributed by atoms with E-state index >= 15 is 0 Å². The summed E-state index contributed by atoms with van der Waals surface area (Å²) in [6.45, 7) is 6.78. The van der Waals surface area contributed by atoms with Gasteiger partial charge in [-0.15, -0.1) is 0 Å². The Hall–Kier alpha value is -0.560. The van der Waals surface area contributed by atoms with Crippen LogP contribution < -0.4 is 10.0 Å². The van der Waals surface area contributed by atoms with Crippen LogP contribution in [0.25, 0.3) is 0 Å². The molecular weight excluding hydrogens is 292 g/mol. The number of thioether (sulfide) groups is 1. The van der Waals surface area contributed by atoms with Crippen LogP contribution in [-0.4, -0.2) is 33.0 Å². The molecule has 0 fully saturated rings. The fourth-order valence-electron chi connectivity index (χ4n) is 1.99. The van der Waals surface area contributed by atoms with E-state index in [1.54, 1.807) is 30.0 Å². The van der Waals surface area contributed by atoms with Gasteiger partial charge in [0.25, 0.3) is 0 Å². The Morgan fingerprint density at radius 3 is 2.60 bits per heavy atom. The average Bonchev–Trinajstić information content (AvgIpc) is 2.39. The third-order valence-corrected chi connectivity index (χ3v) is 5.37. The van der Waals surface area contributed by atoms with Gasteiger partial charge in [-0.3, -0.25) is 0 Å². The monoisotopic (exact) mass is 316 g/mol. The van der Waals surface area contributed by atoms with Gasteiger partial charge < -0.3 is 5.32 Å². The molecule has 1 rings (SSSR count). The van der Waals surface area contributed by atoms with Crippen molar-refractivity contribution in [2.45, 2.75) is 37.8 Å². The maximum atomic E-state index is 12.3. The van der Waals surface area contributed by atoms with Gasteiger partial charge in [-0.1, -0.05) is 19.1 Å². The summed E-state index contributed by atoms with van der Waals surface area (Å²) in [4.78, 5) is 0.327. The number of benzene rings is 1. The Kier molecular flexibility index (Phi) is 7.02. The summed E-state index contributed by atoms with van der Waals surface area (Å²) < 4.78 is 27.3. The molecule has 0 amide bonds. The number of hydrogen-bond donors (Lipinski definition) is 2. The lowest BCUT2D eigenvalue weighted by molar-refractivity contribution is 0.569. The van der Waals surface area contributed by atoms with Crippen LogP contribution in [0, 0.1) is 0 Å². The summed E-state index contributed by atoms with van der Waals surface area (Å²) in [7, 11) is -3.44. The van der Waals surface area contributed by atoms with Crippen molar-refractivity contribution in [1.29, 1.82) is 0 Å². The summed E-state index contributed by atoms with van der Waals surface area (Å²) in [6.07, 6.45) is 1.96. The second kappa shape index (κ2) is 8.02. The van der Waals surface area contributed by atoms with E-state index in [0.29, 0.717) is 4.90 Å². The van der Waals surface area contributed by atoms with E-state index < -0.39 is 10.0 Å². The number of rotatable bonds is 8. The van der Waals surface area contributed by atoms with Crippen molar-refractivity contribution >= 4 is 21.8 Å². The van der Waals surface area contributed by atoms with Crippen molar-refractivity contribution in [3.63, 3.8) is 0 Å². The highest BCUT2D eigenvalue weighted by atomic mass is 32.2. The molecule has 0 aromatic heterocycles. The van der Waals surface area contributed by atoms with Crippen molar-refractivity contribution in [3.05, 3.63) is 29.8 Å². The molecule has 0 heterocycles. The molecule has 20 heavy (non-hydrogen) atoms. The smallest absolute Gasteiger partial charge is 0.240 e. The van der Waals surface area contributed by atoms with Gasteiger partial charge in [0.2, 0.25) is 10.0 Å². The van der Waals surface area contributed by atoms with Crippen LogP contribution in [0.1, 0.15) is 32.4 Å². The van der Waals surface area contributed by atoms with Gasteiger partial charge in [0.1, 0.15) is 0 Å². The fraction of sp³-hybridized carbons (Fsp3) is 0.571. The highest BCUT2D eigenvalue weighted by Gasteiger charge is 2.18. The van der Waals surface area contributed by atoms with E-state index in [2.05, 4.69) is 10.0 Å². The van der Waals surface area contributed by atoms with E-state index in [1.165, 1.54) is 0 Å². The predicted molar refractivity (Wildman–Crippen MR) is 86.7 cm³/mol. The molecule has 0 saturated carbocycles.